The van der Waals surface area contributed by atoms with Crippen LogP contribution in [0.5, 0.6) is 0 Å². The van der Waals surface area contributed by atoms with Gasteiger partial charge in [0.15, 0.2) is 0 Å². The Morgan fingerprint density at radius 3 is 2.48 bits per heavy atom. The SMILES string of the molecule is CCOC(=O)N1CCC(NC2CC(=O)N(CC)C2=O)CC1. The average molecular weight is 297 g/mol. The summed E-state index contributed by atoms with van der Waals surface area (Å²) in [5, 5.41) is 3.26. The molecule has 21 heavy (non-hydrogen) atoms. The van der Waals surface area contributed by atoms with Crippen LogP contribution in [-0.2, 0) is 14.3 Å². The van der Waals surface area contributed by atoms with E-state index in [-0.39, 0.29) is 30.4 Å². The topological polar surface area (TPSA) is 79.0 Å². The minimum Gasteiger partial charge on any atom is -0.450 e. The fraction of sp³-hybridized carbons (Fsp3) is 0.786. The Morgan fingerprint density at radius 2 is 1.95 bits per heavy atom. The van der Waals surface area contributed by atoms with Gasteiger partial charge in [-0.25, -0.2) is 4.79 Å². The van der Waals surface area contributed by atoms with E-state index in [4.69, 9.17) is 4.74 Å². The van der Waals surface area contributed by atoms with Crippen LogP contribution in [0.25, 0.3) is 0 Å². The minimum atomic E-state index is -0.406. The second-order valence-corrected chi connectivity index (χ2v) is 5.36. The normalized spacial score (nSPS) is 23.8. The monoisotopic (exact) mass is 297 g/mol. The maximum Gasteiger partial charge on any atom is 0.409 e. The molecule has 0 bridgehead atoms. The van der Waals surface area contributed by atoms with Crippen molar-refractivity contribution in [2.24, 2.45) is 0 Å². The molecule has 2 rings (SSSR count). The predicted octanol–water partition coefficient (Wildman–Crippen LogP) is 0.344. The van der Waals surface area contributed by atoms with E-state index in [9.17, 15) is 14.4 Å². The molecule has 0 aromatic carbocycles. The average Bonchev–Trinajstić information content (AvgIpc) is 2.74. The number of imide groups is 1. The van der Waals surface area contributed by atoms with Crippen LogP contribution in [0.15, 0.2) is 0 Å². The summed E-state index contributed by atoms with van der Waals surface area (Å²) < 4.78 is 4.97. The quantitative estimate of drug-likeness (QED) is 0.757. The highest BCUT2D eigenvalue weighted by atomic mass is 16.6. The molecule has 7 nitrogen and oxygen atoms in total. The summed E-state index contributed by atoms with van der Waals surface area (Å²) in [5.74, 6) is -0.237. The van der Waals surface area contributed by atoms with Crippen molar-refractivity contribution in [3.8, 4) is 0 Å². The maximum atomic E-state index is 12.0. The van der Waals surface area contributed by atoms with Crippen molar-refractivity contribution in [2.45, 2.75) is 45.2 Å². The molecule has 1 atom stereocenters. The van der Waals surface area contributed by atoms with Gasteiger partial charge in [0.2, 0.25) is 11.8 Å². The molecule has 0 saturated carbocycles. The van der Waals surface area contributed by atoms with Crippen LogP contribution in [0.1, 0.15) is 33.1 Å². The second-order valence-electron chi connectivity index (χ2n) is 5.36. The van der Waals surface area contributed by atoms with Gasteiger partial charge in [0.25, 0.3) is 0 Å². The Morgan fingerprint density at radius 1 is 1.29 bits per heavy atom. The van der Waals surface area contributed by atoms with Crippen molar-refractivity contribution in [2.75, 3.05) is 26.2 Å². The number of amides is 3. The first kappa shape index (κ1) is 15.8. The molecule has 1 N–H and O–H groups in total. The fourth-order valence-corrected chi connectivity index (χ4v) is 2.87. The lowest BCUT2D eigenvalue weighted by Crippen LogP contribution is -2.49. The van der Waals surface area contributed by atoms with Crippen LogP contribution in [0.2, 0.25) is 0 Å². The van der Waals surface area contributed by atoms with E-state index in [1.807, 2.05) is 0 Å². The van der Waals surface area contributed by atoms with E-state index < -0.39 is 6.04 Å². The molecule has 0 spiro atoms. The summed E-state index contributed by atoms with van der Waals surface area (Å²) in [6, 6.07) is -0.245. The lowest BCUT2D eigenvalue weighted by molar-refractivity contribution is -0.138. The van der Waals surface area contributed by atoms with Gasteiger partial charge in [0.1, 0.15) is 0 Å². The number of carbonyl (C=O) groups excluding carboxylic acids is 3. The highest BCUT2D eigenvalue weighted by Crippen LogP contribution is 2.17. The van der Waals surface area contributed by atoms with Crippen LogP contribution in [0, 0.1) is 0 Å². The Kier molecular flexibility index (Phi) is 5.17. The number of hydrogen-bond donors (Lipinski definition) is 1. The van der Waals surface area contributed by atoms with Gasteiger partial charge in [-0.1, -0.05) is 0 Å². The zero-order valence-electron chi connectivity index (χ0n) is 12.6. The van der Waals surface area contributed by atoms with E-state index in [1.165, 1.54) is 4.90 Å². The number of rotatable bonds is 4. The molecule has 2 aliphatic rings. The van der Waals surface area contributed by atoms with Gasteiger partial charge in [0.05, 0.1) is 19.1 Å². The first-order chi connectivity index (χ1) is 10.1. The summed E-state index contributed by atoms with van der Waals surface area (Å²) in [6.45, 7) is 5.62. The summed E-state index contributed by atoms with van der Waals surface area (Å²) in [5.41, 5.74) is 0. The molecule has 0 aliphatic carbocycles. The third-order valence-corrected chi connectivity index (χ3v) is 4.02. The lowest BCUT2D eigenvalue weighted by atomic mass is 10.0. The Hall–Kier alpha value is -1.63. The van der Waals surface area contributed by atoms with Gasteiger partial charge in [-0.3, -0.25) is 14.5 Å². The standard InChI is InChI=1S/C14H23N3O4/c1-3-17-12(18)9-11(13(17)19)15-10-5-7-16(8-6-10)14(20)21-4-2/h10-11,15H,3-9H2,1-2H3. The number of nitrogens with zero attached hydrogens (tertiary/aromatic N) is 2. The number of likely N-dealkylation sites (tertiary alicyclic amines) is 2. The maximum absolute atomic E-state index is 12.0. The fourth-order valence-electron chi connectivity index (χ4n) is 2.87. The first-order valence-corrected chi connectivity index (χ1v) is 7.58. The van der Waals surface area contributed by atoms with Gasteiger partial charge in [-0.2, -0.15) is 0 Å². The smallest absolute Gasteiger partial charge is 0.409 e. The van der Waals surface area contributed by atoms with Gasteiger partial charge in [-0.15, -0.1) is 0 Å². The van der Waals surface area contributed by atoms with E-state index in [0.717, 1.165) is 12.8 Å². The van der Waals surface area contributed by atoms with E-state index in [0.29, 0.717) is 26.2 Å². The largest absolute Gasteiger partial charge is 0.450 e. The zero-order valence-corrected chi connectivity index (χ0v) is 12.6. The first-order valence-electron chi connectivity index (χ1n) is 7.58. The molecule has 2 heterocycles. The van der Waals surface area contributed by atoms with Crippen molar-refractivity contribution in [3.05, 3.63) is 0 Å². The van der Waals surface area contributed by atoms with Gasteiger partial charge in [0, 0.05) is 25.7 Å². The second kappa shape index (κ2) is 6.89. The molecule has 2 aliphatic heterocycles. The molecule has 0 radical (unpaired) electrons. The minimum absolute atomic E-state index is 0.107. The number of nitrogens with one attached hydrogen (secondary N) is 1. The highest BCUT2D eigenvalue weighted by molar-refractivity contribution is 6.05. The van der Waals surface area contributed by atoms with Crippen LogP contribution < -0.4 is 5.32 Å². The number of ether oxygens (including phenoxy) is 1. The van der Waals surface area contributed by atoms with Crippen LogP contribution in [0.3, 0.4) is 0 Å². The van der Waals surface area contributed by atoms with E-state index >= 15 is 0 Å². The Labute approximate surface area is 124 Å². The van der Waals surface area contributed by atoms with Gasteiger partial charge >= 0.3 is 6.09 Å². The zero-order chi connectivity index (χ0) is 15.4. The molecule has 2 fully saturated rings. The third kappa shape index (κ3) is 3.53. The van der Waals surface area contributed by atoms with Gasteiger partial charge in [-0.05, 0) is 26.7 Å². The number of carbonyl (C=O) groups is 3. The number of piperidine rings is 1. The number of hydrogen-bond acceptors (Lipinski definition) is 5. The lowest BCUT2D eigenvalue weighted by Gasteiger charge is -2.32. The third-order valence-electron chi connectivity index (χ3n) is 4.02. The van der Waals surface area contributed by atoms with E-state index in [2.05, 4.69) is 5.32 Å². The van der Waals surface area contributed by atoms with E-state index in [1.54, 1.807) is 18.7 Å². The van der Waals surface area contributed by atoms with Crippen LogP contribution >= 0.6 is 0 Å². The van der Waals surface area contributed by atoms with Crippen molar-refractivity contribution >= 4 is 17.9 Å². The summed E-state index contributed by atoms with van der Waals surface area (Å²) in [4.78, 5) is 38.3. The Balaban J connectivity index is 1.80. The summed E-state index contributed by atoms with van der Waals surface area (Å²) in [7, 11) is 0. The highest BCUT2D eigenvalue weighted by Gasteiger charge is 2.39. The molecule has 118 valence electrons. The number of likely N-dealkylation sites (N-methyl/N-ethyl adjacent to an activating group) is 1. The van der Waals surface area contributed by atoms with Crippen molar-refractivity contribution < 1.29 is 19.1 Å². The van der Waals surface area contributed by atoms with Crippen LogP contribution in [-0.4, -0.2) is 66.0 Å². The molecule has 0 aromatic heterocycles. The van der Waals surface area contributed by atoms with Crippen molar-refractivity contribution in [3.63, 3.8) is 0 Å². The van der Waals surface area contributed by atoms with Gasteiger partial charge < -0.3 is 15.0 Å². The summed E-state index contributed by atoms with van der Waals surface area (Å²) in [6.07, 6.45) is 1.50. The molecule has 3 amide bonds. The molecule has 2 saturated heterocycles. The molecular formula is C14H23N3O4. The summed E-state index contributed by atoms with van der Waals surface area (Å²) >= 11 is 0. The molecule has 1 unspecified atom stereocenters. The van der Waals surface area contributed by atoms with Crippen molar-refractivity contribution in [1.29, 1.82) is 0 Å². The Bertz CT molecular complexity index is 418. The van der Waals surface area contributed by atoms with Crippen molar-refractivity contribution in [1.82, 2.24) is 15.1 Å². The molecule has 0 aromatic rings. The van der Waals surface area contributed by atoms with Crippen LogP contribution in [0.4, 0.5) is 4.79 Å². The molecule has 7 heteroatoms. The predicted molar refractivity (Wildman–Crippen MR) is 75.6 cm³/mol. The molecular weight excluding hydrogens is 274 g/mol.